The van der Waals surface area contributed by atoms with Gasteiger partial charge in [0.15, 0.2) is 23.6 Å². The number of nitrogens with one attached hydrogen (secondary N) is 1. The summed E-state index contributed by atoms with van der Waals surface area (Å²) in [6.07, 6.45) is -4.27. The number of hydrogen-bond acceptors (Lipinski definition) is 9. The maximum absolute atomic E-state index is 12.4. The predicted octanol–water partition coefficient (Wildman–Crippen LogP) is 2.38. The van der Waals surface area contributed by atoms with Crippen LogP contribution >= 0.6 is 0 Å². The maximum atomic E-state index is 12.4. The van der Waals surface area contributed by atoms with Crippen LogP contribution in [0.25, 0.3) is 0 Å². The van der Waals surface area contributed by atoms with Crippen LogP contribution in [0.15, 0.2) is 42.5 Å². The molecule has 2 aliphatic rings. The summed E-state index contributed by atoms with van der Waals surface area (Å²) in [6, 6.07) is 11.1. The number of amides is 1. The van der Waals surface area contributed by atoms with Gasteiger partial charge in [0.05, 0.1) is 26.4 Å². The van der Waals surface area contributed by atoms with Gasteiger partial charge in [0.2, 0.25) is 12.2 Å². The number of carbonyl (C=O) groups is 2. The van der Waals surface area contributed by atoms with E-state index in [1.165, 1.54) is 14.0 Å². The number of ether oxygens (including phenoxy) is 6. The van der Waals surface area contributed by atoms with E-state index in [0.717, 1.165) is 0 Å². The molecule has 0 aromatic heterocycles. The van der Waals surface area contributed by atoms with Gasteiger partial charge in [-0.2, -0.15) is 0 Å². The number of aliphatic hydroxyl groups excluding tert-OH is 1. The second-order valence-electron chi connectivity index (χ2n) is 8.53. The second kappa shape index (κ2) is 11.3. The molecule has 0 saturated carbocycles. The lowest BCUT2D eigenvalue weighted by molar-refractivity contribution is -0.333. The Kier molecular flexibility index (Phi) is 8.10. The van der Waals surface area contributed by atoms with E-state index in [4.69, 9.17) is 28.4 Å². The van der Waals surface area contributed by atoms with Crippen molar-refractivity contribution < 1.29 is 43.1 Å². The molecular weight excluding hydrogens is 470 g/mol. The van der Waals surface area contributed by atoms with E-state index in [9.17, 15) is 14.7 Å². The van der Waals surface area contributed by atoms with E-state index in [2.05, 4.69) is 5.32 Å². The molecule has 2 aromatic rings. The van der Waals surface area contributed by atoms with Crippen LogP contribution < -0.4 is 19.5 Å². The van der Waals surface area contributed by atoms with Crippen LogP contribution in [-0.2, 0) is 19.0 Å². The molecule has 2 aliphatic heterocycles. The fourth-order valence-electron chi connectivity index (χ4n) is 4.36. The molecule has 10 heteroatoms. The van der Waals surface area contributed by atoms with Gasteiger partial charge in [-0.1, -0.05) is 25.1 Å². The molecule has 36 heavy (non-hydrogen) atoms. The number of carbonyl (C=O) groups excluding carboxylic acids is 2. The summed E-state index contributed by atoms with van der Waals surface area (Å²) >= 11 is 0. The van der Waals surface area contributed by atoms with Crippen molar-refractivity contribution in [1.82, 2.24) is 5.32 Å². The molecule has 6 atom stereocenters. The minimum absolute atomic E-state index is 0.0991. The van der Waals surface area contributed by atoms with Crippen LogP contribution in [0.3, 0.4) is 0 Å². The zero-order chi connectivity index (χ0) is 25.8. The van der Waals surface area contributed by atoms with E-state index < -0.39 is 36.9 Å². The number of Topliss-reactive ketones (excluding diaryl/α,β-unsaturated/α-hetero) is 1. The topological polar surface area (TPSA) is 122 Å². The molecule has 4 rings (SSSR count). The van der Waals surface area contributed by atoms with Crippen molar-refractivity contribution in [3.8, 4) is 17.2 Å². The molecule has 0 bridgehead atoms. The predicted molar refractivity (Wildman–Crippen MR) is 127 cm³/mol. The van der Waals surface area contributed by atoms with Crippen LogP contribution in [-0.4, -0.2) is 68.3 Å². The maximum Gasteiger partial charge on any atom is 0.223 e. The first kappa shape index (κ1) is 25.9. The molecule has 2 saturated heterocycles. The van der Waals surface area contributed by atoms with Gasteiger partial charge in [0, 0.05) is 18.9 Å². The summed E-state index contributed by atoms with van der Waals surface area (Å²) in [6.45, 7) is 3.20. The number of ketones is 1. The average Bonchev–Trinajstić information content (AvgIpc) is 2.90. The minimum Gasteiger partial charge on any atom is -0.493 e. The van der Waals surface area contributed by atoms with Crippen molar-refractivity contribution in [1.29, 1.82) is 0 Å². The highest BCUT2D eigenvalue weighted by Crippen LogP contribution is 2.38. The Hall–Kier alpha value is -3.18. The Balaban J connectivity index is 1.56. The molecule has 2 aromatic carbocycles. The van der Waals surface area contributed by atoms with Gasteiger partial charge < -0.3 is 38.8 Å². The normalized spacial score (nSPS) is 27.5. The van der Waals surface area contributed by atoms with Crippen LogP contribution in [0.4, 0.5) is 0 Å². The van der Waals surface area contributed by atoms with Gasteiger partial charge >= 0.3 is 0 Å². The Bertz CT molecular complexity index is 1090. The van der Waals surface area contributed by atoms with Crippen LogP contribution in [0, 0.1) is 0 Å². The molecule has 2 fully saturated rings. The van der Waals surface area contributed by atoms with Crippen molar-refractivity contribution in [3.63, 3.8) is 0 Å². The molecule has 0 aliphatic carbocycles. The Labute approximate surface area is 209 Å². The highest BCUT2D eigenvalue weighted by atomic mass is 16.7. The highest BCUT2D eigenvalue weighted by Gasteiger charge is 2.51. The van der Waals surface area contributed by atoms with Gasteiger partial charge in [-0.3, -0.25) is 9.59 Å². The lowest BCUT2D eigenvalue weighted by atomic mass is 9.95. The Morgan fingerprint density at radius 3 is 2.50 bits per heavy atom. The fourth-order valence-corrected chi connectivity index (χ4v) is 4.36. The van der Waals surface area contributed by atoms with Crippen LogP contribution in [0.5, 0.6) is 17.2 Å². The van der Waals surface area contributed by atoms with Gasteiger partial charge in [-0.05, 0) is 24.3 Å². The SMILES string of the molecule is CCC(=O)c1ccccc1OC1OC2COC(c3ccc(OC)c(OC)c3)OC2C(O)C1NC(C)=O. The van der Waals surface area contributed by atoms with Crippen molar-refractivity contribution in [2.24, 2.45) is 0 Å². The van der Waals surface area contributed by atoms with Gasteiger partial charge in [0.1, 0.15) is 30.1 Å². The summed E-state index contributed by atoms with van der Waals surface area (Å²) in [7, 11) is 3.08. The number of fused-ring (bicyclic) bond motifs is 1. The first-order valence-electron chi connectivity index (χ1n) is 11.7. The van der Waals surface area contributed by atoms with Gasteiger partial charge in [-0.25, -0.2) is 0 Å². The molecule has 1 amide bonds. The second-order valence-corrected chi connectivity index (χ2v) is 8.53. The van der Waals surface area contributed by atoms with Gasteiger partial charge in [0.25, 0.3) is 0 Å². The number of benzene rings is 2. The van der Waals surface area contributed by atoms with E-state index in [1.807, 2.05) is 0 Å². The summed E-state index contributed by atoms with van der Waals surface area (Å²) in [5, 5.41) is 14.0. The molecule has 2 N–H and O–H groups in total. The Morgan fingerprint density at radius 1 is 1.06 bits per heavy atom. The molecule has 2 heterocycles. The molecule has 10 nitrogen and oxygen atoms in total. The smallest absolute Gasteiger partial charge is 0.223 e. The molecule has 0 spiro atoms. The van der Waals surface area contributed by atoms with Crippen molar-refractivity contribution in [3.05, 3.63) is 53.6 Å². The third kappa shape index (κ3) is 5.31. The van der Waals surface area contributed by atoms with E-state index >= 15 is 0 Å². The van der Waals surface area contributed by atoms with Crippen molar-refractivity contribution in [2.75, 3.05) is 20.8 Å². The highest BCUT2D eigenvalue weighted by molar-refractivity contribution is 5.98. The van der Waals surface area contributed by atoms with E-state index in [1.54, 1.807) is 56.5 Å². The van der Waals surface area contributed by atoms with Crippen LogP contribution in [0.2, 0.25) is 0 Å². The number of para-hydroxylation sites is 1. The summed E-state index contributed by atoms with van der Waals surface area (Å²) < 4.78 is 34.8. The standard InChI is InChI=1S/C26H31NO9/c1-5-17(29)16-8-6-7-9-18(16)34-26-22(27-14(2)28)23(30)24-21(35-26)13-33-25(36-24)15-10-11-19(31-3)20(12-15)32-4/h6-12,21-26,30H,5,13H2,1-4H3,(H,27,28). The fraction of sp³-hybridized carbons (Fsp3) is 0.462. The monoisotopic (exact) mass is 501 g/mol. The molecule has 6 unspecified atom stereocenters. The van der Waals surface area contributed by atoms with E-state index in [0.29, 0.717) is 34.8 Å². The number of methoxy groups -OCH3 is 2. The number of hydrogen-bond donors (Lipinski definition) is 2. The van der Waals surface area contributed by atoms with Crippen molar-refractivity contribution >= 4 is 11.7 Å². The zero-order valence-corrected chi connectivity index (χ0v) is 20.6. The lowest BCUT2D eigenvalue weighted by Gasteiger charge is -2.47. The van der Waals surface area contributed by atoms with Crippen molar-refractivity contribution in [2.45, 2.75) is 57.2 Å². The molecule has 0 radical (unpaired) electrons. The molecular formula is C26H31NO9. The zero-order valence-electron chi connectivity index (χ0n) is 20.6. The summed E-state index contributed by atoms with van der Waals surface area (Å²) in [4.78, 5) is 24.4. The van der Waals surface area contributed by atoms with Gasteiger partial charge in [-0.15, -0.1) is 0 Å². The first-order valence-corrected chi connectivity index (χ1v) is 11.7. The third-order valence-electron chi connectivity index (χ3n) is 6.17. The Morgan fingerprint density at radius 2 is 1.81 bits per heavy atom. The number of aliphatic hydroxyl groups is 1. The summed E-state index contributed by atoms with van der Waals surface area (Å²) in [5.41, 5.74) is 1.06. The first-order chi connectivity index (χ1) is 17.4. The average molecular weight is 502 g/mol. The number of rotatable bonds is 8. The quantitative estimate of drug-likeness (QED) is 0.525. The lowest BCUT2D eigenvalue weighted by Crippen LogP contribution is -2.67. The molecule has 194 valence electrons. The minimum atomic E-state index is -1.18. The van der Waals surface area contributed by atoms with E-state index in [-0.39, 0.29) is 18.3 Å². The summed E-state index contributed by atoms with van der Waals surface area (Å²) in [5.74, 6) is 0.892. The largest absolute Gasteiger partial charge is 0.493 e. The van der Waals surface area contributed by atoms with Crippen LogP contribution in [0.1, 0.15) is 42.5 Å². The third-order valence-corrected chi connectivity index (χ3v) is 6.17.